The summed E-state index contributed by atoms with van der Waals surface area (Å²) in [5.74, 6) is 0.396. The lowest BCUT2D eigenvalue weighted by atomic mass is 10.0. The second kappa shape index (κ2) is 7.54. The highest BCUT2D eigenvalue weighted by Gasteiger charge is 2.14. The zero-order chi connectivity index (χ0) is 13.5. The number of aliphatic hydroxyl groups is 1. The van der Waals surface area contributed by atoms with Crippen molar-refractivity contribution in [2.75, 3.05) is 6.61 Å². The molecule has 1 aromatic rings. The number of halogens is 1. The molecule has 1 rings (SSSR count). The van der Waals surface area contributed by atoms with Crippen molar-refractivity contribution in [2.24, 2.45) is 5.92 Å². The number of rotatable bonds is 6. The number of carbonyl (C=O) groups is 1. The van der Waals surface area contributed by atoms with E-state index in [1.807, 2.05) is 24.3 Å². The zero-order valence-corrected chi connectivity index (χ0v) is 12.4. The molecule has 0 spiro atoms. The van der Waals surface area contributed by atoms with Crippen LogP contribution >= 0.6 is 15.9 Å². The molecule has 0 aromatic heterocycles. The van der Waals surface area contributed by atoms with Gasteiger partial charge in [-0.1, -0.05) is 48.0 Å². The molecular weight excluding hydrogens is 294 g/mol. The van der Waals surface area contributed by atoms with Crippen LogP contribution in [-0.4, -0.2) is 23.7 Å². The maximum Gasteiger partial charge on any atom is 0.224 e. The molecule has 0 saturated carbocycles. The molecule has 0 aliphatic rings. The predicted molar refractivity (Wildman–Crippen MR) is 76.3 cm³/mol. The normalized spacial score (nSPS) is 12.5. The van der Waals surface area contributed by atoms with E-state index in [4.69, 9.17) is 0 Å². The van der Waals surface area contributed by atoms with Crippen LogP contribution < -0.4 is 5.32 Å². The summed E-state index contributed by atoms with van der Waals surface area (Å²) < 4.78 is 0.935. The molecule has 18 heavy (non-hydrogen) atoms. The molecule has 4 heteroatoms. The van der Waals surface area contributed by atoms with Crippen molar-refractivity contribution < 1.29 is 9.90 Å². The van der Waals surface area contributed by atoms with Gasteiger partial charge in [-0.2, -0.15) is 0 Å². The van der Waals surface area contributed by atoms with E-state index in [-0.39, 0.29) is 18.6 Å². The van der Waals surface area contributed by atoms with Gasteiger partial charge in [-0.25, -0.2) is 0 Å². The van der Waals surface area contributed by atoms with Gasteiger partial charge in [-0.05, 0) is 24.0 Å². The Labute approximate surface area is 117 Å². The van der Waals surface area contributed by atoms with Gasteiger partial charge in [0.1, 0.15) is 0 Å². The van der Waals surface area contributed by atoms with Gasteiger partial charge in [-0.15, -0.1) is 0 Å². The lowest BCUT2D eigenvalue weighted by Gasteiger charge is -2.18. The quantitative estimate of drug-likeness (QED) is 0.848. The number of hydrogen-bond donors (Lipinski definition) is 2. The average molecular weight is 314 g/mol. The number of aliphatic hydroxyl groups excluding tert-OH is 1. The van der Waals surface area contributed by atoms with E-state index in [1.54, 1.807) is 0 Å². The molecule has 0 bridgehead atoms. The lowest BCUT2D eigenvalue weighted by molar-refractivity contribution is -0.121. The Morgan fingerprint density at radius 3 is 2.61 bits per heavy atom. The molecule has 1 unspecified atom stereocenters. The molecular formula is C14H20BrNO2. The lowest BCUT2D eigenvalue weighted by Crippen LogP contribution is -2.39. The molecule has 2 N–H and O–H groups in total. The molecule has 0 fully saturated rings. The Bertz CT molecular complexity index is 393. The third-order valence-corrected chi connectivity index (χ3v) is 3.42. The van der Waals surface area contributed by atoms with E-state index in [9.17, 15) is 9.90 Å². The fraction of sp³-hybridized carbons (Fsp3) is 0.500. The number of hydrogen-bond acceptors (Lipinski definition) is 2. The van der Waals surface area contributed by atoms with E-state index in [1.165, 1.54) is 0 Å². The summed E-state index contributed by atoms with van der Waals surface area (Å²) in [6.45, 7) is 4.13. The number of nitrogens with one attached hydrogen (secondary N) is 1. The molecule has 0 radical (unpaired) electrons. The SMILES string of the molecule is CC(C)CC(CO)NC(=O)Cc1ccccc1Br. The second-order valence-electron chi connectivity index (χ2n) is 4.84. The van der Waals surface area contributed by atoms with Gasteiger partial charge in [0.05, 0.1) is 19.1 Å². The van der Waals surface area contributed by atoms with Crippen LogP contribution in [0.15, 0.2) is 28.7 Å². The number of amides is 1. The molecule has 100 valence electrons. The smallest absolute Gasteiger partial charge is 0.224 e. The van der Waals surface area contributed by atoms with Crippen LogP contribution in [0.5, 0.6) is 0 Å². The summed E-state index contributed by atoms with van der Waals surface area (Å²) in [4.78, 5) is 11.9. The van der Waals surface area contributed by atoms with Crippen LogP contribution in [0.3, 0.4) is 0 Å². The molecule has 1 atom stereocenters. The summed E-state index contributed by atoms with van der Waals surface area (Å²) in [6.07, 6.45) is 1.12. The van der Waals surface area contributed by atoms with Crippen LogP contribution in [-0.2, 0) is 11.2 Å². The number of benzene rings is 1. The summed E-state index contributed by atoms with van der Waals surface area (Å²) in [5, 5.41) is 12.1. The minimum absolute atomic E-state index is 0.0140. The van der Waals surface area contributed by atoms with Crippen molar-refractivity contribution in [1.29, 1.82) is 0 Å². The van der Waals surface area contributed by atoms with Crippen molar-refractivity contribution in [3.8, 4) is 0 Å². The standard InChI is InChI=1S/C14H20BrNO2/c1-10(2)7-12(9-17)16-14(18)8-11-5-3-4-6-13(11)15/h3-6,10,12,17H,7-9H2,1-2H3,(H,16,18). The molecule has 0 heterocycles. The monoisotopic (exact) mass is 313 g/mol. The minimum Gasteiger partial charge on any atom is -0.394 e. The van der Waals surface area contributed by atoms with Gasteiger partial charge in [0.25, 0.3) is 0 Å². The van der Waals surface area contributed by atoms with Crippen LogP contribution in [0, 0.1) is 5.92 Å². The van der Waals surface area contributed by atoms with Crippen molar-refractivity contribution in [2.45, 2.75) is 32.7 Å². The Hall–Kier alpha value is -0.870. The van der Waals surface area contributed by atoms with Crippen molar-refractivity contribution in [3.05, 3.63) is 34.3 Å². The molecule has 0 aliphatic heterocycles. The van der Waals surface area contributed by atoms with Gasteiger partial charge in [-0.3, -0.25) is 4.79 Å². The highest BCUT2D eigenvalue weighted by Crippen LogP contribution is 2.16. The van der Waals surface area contributed by atoms with Crippen LogP contribution in [0.1, 0.15) is 25.8 Å². The highest BCUT2D eigenvalue weighted by molar-refractivity contribution is 9.10. The van der Waals surface area contributed by atoms with E-state index in [0.717, 1.165) is 16.5 Å². The van der Waals surface area contributed by atoms with Crippen molar-refractivity contribution >= 4 is 21.8 Å². The first-order valence-electron chi connectivity index (χ1n) is 6.16. The van der Waals surface area contributed by atoms with Gasteiger partial charge < -0.3 is 10.4 Å². The average Bonchev–Trinajstić information content (AvgIpc) is 2.30. The fourth-order valence-corrected chi connectivity index (χ4v) is 2.27. The Morgan fingerprint density at radius 2 is 2.06 bits per heavy atom. The summed E-state index contributed by atoms with van der Waals surface area (Å²) in [6, 6.07) is 7.51. The zero-order valence-electron chi connectivity index (χ0n) is 10.8. The van der Waals surface area contributed by atoms with Crippen molar-refractivity contribution in [1.82, 2.24) is 5.32 Å². The topological polar surface area (TPSA) is 49.3 Å². The van der Waals surface area contributed by atoms with Crippen molar-refractivity contribution in [3.63, 3.8) is 0 Å². The third-order valence-electron chi connectivity index (χ3n) is 2.65. The van der Waals surface area contributed by atoms with Gasteiger partial charge in [0.2, 0.25) is 5.91 Å². The number of carbonyl (C=O) groups excluding carboxylic acids is 1. The molecule has 1 aromatic carbocycles. The highest BCUT2D eigenvalue weighted by atomic mass is 79.9. The molecule has 1 amide bonds. The maximum atomic E-state index is 11.9. The molecule has 0 aliphatic carbocycles. The van der Waals surface area contributed by atoms with Gasteiger partial charge in [0.15, 0.2) is 0 Å². The first-order valence-corrected chi connectivity index (χ1v) is 6.95. The Morgan fingerprint density at radius 1 is 1.39 bits per heavy atom. The largest absolute Gasteiger partial charge is 0.394 e. The van der Waals surface area contributed by atoms with Crippen LogP contribution in [0.2, 0.25) is 0 Å². The van der Waals surface area contributed by atoms with Crippen LogP contribution in [0.25, 0.3) is 0 Å². The summed E-state index contributed by atoms with van der Waals surface area (Å²) in [7, 11) is 0. The van der Waals surface area contributed by atoms with E-state index in [2.05, 4.69) is 35.1 Å². The summed E-state index contributed by atoms with van der Waals surface area (Å²) >= 11 is 3.42. The van der Waals surface area contributed by atoms with E-state index >= 15 is 0 Å². The Balaban J connectivity index is 2.53. The van der Waals surface area contributed by atoms with Gasteiger partial charge >= 0.3 is 0 Å². The molecule has 0 saturated heterocycles. The predicted octanol–water partition coefficient (Wildman–Crippen LogP) is 2.51. The fourth-order valence-electron chi connectivity index (χ4n) is 1.84. The minimum atomic E-state index is -0.153. The van der Waals surface area contributed by atoms with Gasteiger partial charge in [0, 0.05) is 4.47 Å². The van der Waals surface area contributed by atoms with Crippen LogP contribution in [0.4, 0.5) is 0 Å². The Kier molecular flexibility index (Phi) is 6.36. The third kappa shape index (κ3) is 5.19. The maximum absolute atomic E-state index is 11.9. The first kappa shape index (κ1) is 15.2. The van der Waals surface area contributed by atoms with E-state index < -0.39 is 0 Å². The molecule has 3 nitrogen and oxygen atoms in total. The van der Waals surface area contributed by atoms with E-state index in [0.29, 0.717) is 12.3 Å². The summed E-state index contributed by atoms with van der Waals surface area (Å²) in [5.41, 5.74) is 0.955. The second-order valence-corrected chi connectivity index (χ2v) is 5.70. The first-order chi connectivity index (χ1) is 8.52.